The smallest absolute Gasteiger partial charge is 0.146 e. The van der Waals surface area contributed by atoms with Gasteiger partial charge in [-0.25, -0.2) is 4.98 Å². The average Bonchev–Trinajstić information content (AvgIpc) is 3.57. The van der Waals surface area contributed by atoms with Gasteiger partial charge in [-0.1, -0.05) is 61.2 Å². The second-order valence-electron chi connectivity index (χ2n) is 9.22. The lowest BCUT2D eigenvalue weighted by Crippen LogP contribution is -1.93. The molecule has 0 radical (unpaired) electrons. The van der Waals surface area contributed by atoms with Gasteiger partial charge in [0.1, 0.15) is 17.0 Å². The summed E-state index contributed by atoms with van der Waals surface area (Å²) in [6.45, 7) is 5.91. The Balaban J connectivity index is 1.75. The zero-order valence-electron chi connectivity index (χ0n) is 19.6. The Labute approximate surface area is 210 Å². The maximum Gasteiger partial charge on any atom is 0.146 e. The predicted octanol–water partition coefficient (Wildman–Crippen LogP) is 9.42. The number of thiophene rings is 1. The summed E-state index contributed by atoms with van der Waals surface area (Å²) in [7, 11) is 0. The number of imidazole rings is 1. The van der Waals surface area contributed by atoms with Gasteiger partial charge in [-0.05, 0) is 43.3 Å². The number of benzene rings is 4. The molecule has 0 unspecified atom stereocenters. The van der Waals surface area contributed by atoms with Gasteiger partial charge in [0.2, 0.25) is 0 Å². The van der Waals surface area contributed by atoms with Crippen LogP contribution in [0, 0.1) is 6.92 Å². The standard InChI is InChI=1S/C32H20N2OS/c1-3-4-9-19-18(2)35-26-17-16-22-28-23(15-14-21-20-10-5-8-13-27(20)36-31(21)28)32-33-24-11-6-7-12-25(24)34(32)30(22)29(19)26/h3-17H,1H2,2H3/b9-4-. The van der Waals surface area contributed by atoms with Crippen LogP contribution in [0.1, 0.15) is 11.3 Å². The molecule has 0 aliphatic heterocycles. The van der Waals surface area contributed by atoms with Crippen LogP contribution in [0.15, 0.2) is 95.9 Å². The molecule has 0 bridgehead atoms. The minimum Gasteiger partial charge on any atom is -0.461 e. The Morgan fingerprint density at radius 1 is 0.861 bits per heavy atom. The van der Waals surface area contributed by atoms with E-state index in [1.807, 2.05) is 30.4 Å². The highest BCUT2D eigenvalue weighted by atomic mass is 32.1. The van der Waals surface area contributed by atoms with Crippen molar-refractivity contribution in [2.45, 2.75) is 6.92 Å². The first-order chi connectivity index (χ1) is 17.7. The van der Waals surface area contributed by atoms with Crippen molar-refractivity contribution in [3.05, 3.63) is 103 Å². The summed E-state index contributed by atoms with van der Waals surface area (Å²) in [5.74, 6) is 0.897. The molecular weight excluding hydrogens is 460 g/mol. The monoisotopic (exact) mass is 480 g/mol. The molecule has 4 heteroatoms. The molecule has 0 saturated heterocycles. The van der Waals surface area contributed by atoms with E-state index in [2.05, 4.69) is 89.9 Å². The predicted molar refractivity (Wildman–Crippen MR) is 154 cm³/mol. The fraction of sp³-hybridized carbons (Fsp3) is 0.0312. The summed E-state index contributed by atoms with van der Waals surface area (Å²) in [6, 6.07) is 25.9. The fourth-order valence-electron chi connectivity index (χ4n) is 5.79. The molecule has 4 aromatic heterocycles. The van der Waals surface area contributed by atoms with Crippen LogP contribution in [0.3, 0.4) is 0 Å². The molecule has 0 atom stereocenters. The third kappa shape index (κ3) is 2.44. The maximum atomic E-state index is 6.27. The zero-order valence-corrected chi connectivity index (χ0v) is 20.4. The van der Waals surface area contributed by atoms with Crippen molar-refractivity contribution in [1.29, 1.82) is 0 Å². The van der Waals surface area contributed by atoms with Crippen LogP contribution >= 0.6 is 11.3 Å². The Hall–Kier alpha value is -4.41. The molecule has 0 saturated carbocycles. The minimum absolute atomic E-state index is 0.880. The normalized spacial score (nSPS) is 12.6. The van der Waals surface area contributed by atoms with Crippen molar-refractivity contribution < 1.29 is 4.42 Å². The minimum atomic E-state index is 0.880. The second-order valence-corrected chi connectivity index (χ2v) is 10.3. The average molecular weight is 481 g/mol. The summed E-state index contributed by atoms with van der Waals surface area (Å²) in [5, 5.41) is 7.33. The number of hydrogen-bond donors (Lipinski definition) is 0. The van der Waals surface area contributed by atoms with E-state index in [0.29, 0.717) is 0 Å². The van der Waals surface area contributed by atoms with E-state index < -0.39 is 0 Å². The molecule has 170 valence electrons. The Morgan fingerprint density at radius 3 is 2.58 bits per heavy atom. The number of fused-ring (bicyclic) bond motifs is 14. The molecule has 0 aliphatic carbocycles. The second kappa shape index (κ2) is 7.06. The molecule has 8 aromatic rings. The zero-order chi connectivity index (χ0) is 24.0. The van der Waals surface area contributed by atoms with E-state index in [1.165, 1.54) is 36.3 Å². The maximum absolute atomic E-state index is 6.27. The van der Waals surface area contributed by atoms with E-state index in [9.17, 15) is 0 Å². The molecule has 0 fully saturated rings. The first-order valence-electron chi connectivity index (χ1n) is 12.0. The van der Waals surface area contributed by atoms with Crippen LogP contribution in [0.25, 0.3) is 75.6 Å². The number of nitrogens with zero attached hydrogens (tertiary/aromatic N) is 2. The lowest BCUT2D eigenvalue weighted by molar-refractivity contribution is 0.577. The molecule has 4 heterocycles. The van der Waals surface area contributed by atoms with Crippen molar-refractivity contribution in [1.82, 2.24) is 9.38 Å². The van der Waals surface area contributed by atoms with Crippen LogP contribution in [0.2, 0.25) is 0 Å². The number of para-hydroxylation sites is 2. The molecule has 0 amide bonds. The summed E-state index contributed by atoms with van der Waals surface area (Å²) in [5.41, 5.74) is 6.16. The van der Waals surface area contributed by atoms with Gasteiger partial charge in [0.25, 0.3) is 0 Å². The summed E-state index contributed by atoms with van der Waals surface area (Å²) < 4.78 is 11.2. The largest absolute Gasteiger partial charge is 0.461 e. The first kappa shape index (κ1) is 19.8. The highest BCUT2D eigenvalue weighted by molar-refractivity contribution is 7.26. The molecule has 0 N–H and O–H groups in total. The molecule has 4 aromatic carbocycles. The quantitative estimate of drug-likeness (QED) is 0.182. The van der Waals surface area contributed by atoms with Crippen LogP contribution in [-0.2, 0) is 0 Å². The number of aryl methyl sites for hydroxylation is 1. The number of aromatic nitrogens is 2. The van der Waals surface area contributed by atoms with Crippen LogP contribution in [0.4, 0.5) is 0 Å². The van der Waals surface area contributed by atoms with E-state index in [0.717, 1.165) is 44.5 Å². The topological polar surface area (TPSA) is 30.4 Å². The molecular formula is C32H20N2OS. The van der Waals surface area contributed by atoms with E-state index >= 15 is 0 Å². The summed E-state index contributed by atoms with van der Waals surface area (Å²) in [4.78, 5) is 5.16. The lowest BCUT2D eigenvalue weighted by Gasteiger charge is -2.11. The van der Waals surface area contributed by atoms with Crippen molar-refractivity contribution in [3.63, 3.8) is 0 Å². The van der Waals surface area contributed by atoms with E-state index in [-0.39, 0.29) is 0 Å². The molecule has 36 heavy (non-hydrogen) atoms. The van der Waals surface area contributed by atoms with Crippen molar-refractivity contribution in [2.24, 2.45) is 0 Å². The van der Waals surface area contributed by atoms with E-state index in [4.69, 9.17) is 9.40 Å². The number of hydrogen-bond acceptors (Lipinski definition) is 3. The molecule has 3 nitrogen and oxygen atoms in total. The van der Waals surface area contributed by atoms with Gasteiger partial charge >= 0.3 is 0 Å². The van der Waals surface area contributed by atoms with Gasteiger partial charge < -0.3 is 4.42 Å². The summed E-state index contributed by atoms with van der Waals surface area (Å²) >= 11 is 1.86. The third-order valence-corrected chi connectivity index (χ3v) is 8.50. The van der Waals surface area contributed by atoms with Crippen LogP contribution in [0.5, 0.6) is 0 Å². The highest BCUT2D eigenvalue weighted by Crippen LogP contribution is 2.45. The van der Waals surface area contributed by atoms with Crippen LogP contribution in [-0.4, -0.2) is 9.38 Å². The number of rotatable bonds is 2. The Bertz CT molecular complexity index is 2240. The van der Waals surface area contributed by atoms with Crippen molar-refractivity contribution >= 4 is 86.9 Å². The number of allylic oxidation sites excluding steroid dienone is 2. The Morgan fingerprint density at radius 2 is 1.67 bits per heavy atom. The van der Waals surface area contributed by atoms with Gasteiger partial charge in [-0.2, -0.15) is 0 Å². The van der Waals surface area contributed by atoms with Gasteiger partial charge in [0, 0.05) is 41.9 Å². The number of pyridine rings is 1. The van der Waals surface area contributed by atoms with Crippen molar-refractivity contribution in [2.75, 3.05) is 0 Å². The first-order valence-corrected chi connectivity index (χ1v) is 12.8. The number of furan rings is 1. The van der Waals surface area contributed by atoms with Crippen LogP contribution < -0.4 is 0 Å². The molecule has 0 aliphatic rings. The third-order valence-electron chi connectivity index (χ3n) is 7.29. The highest BCUT2D eigenvalue weighted by Gasteiger charge is 2.21. The van der Waals surface area contributed by atoms with Crippen molar-refractivity contribution in [3.8, 4) is 0 Å². The van der Waals surface area contributed by atoms with E-state index in [1.54, 1.807) is 0 Å². The van der Waals surface area contributed by atoms with Gasteiger partial charge in [-0.15, -0.1) is 11.3 Å². The van der Waals surface area contributed by atoms with Gasteiger partial charge in [0.05, 0.1) is 21.9 Å². The molecule has 0 spiro atoms. The Kier molecular flexibility index (Phi) is 3.89. The molecule has 8 rings (SSSR count). The SMILES string of the molecule is C=C/C=C\c1c(C)oc2ccc3c4c(ccc5c6ccccc6sc54)c4nc5ccccc5n4c3c12. The van der Waals surface area contributed by atoms with Gasteiger partial charge in [-0.3, -0.25) is 4.40 Å². The lowest BCUT2D eigenvalue weighted by atomic mass is 9.99. The summed E-state index contributed by atoms with van der Waals surface area (Å²) in [6.07, 6.45) is 5.88. The van der Waals surface area contributed by atoms with Gasteiger partial charge in [0.15, 0.2) is 0 Å². The fourth-order valence-corrected chi connectivity index (χ4v) is 7.05.